The van der Waals surface area contributed by atoms with Crippen LogP contribution in [0, 0.1) is 69.7 Å². The Hall–Kier alpha value is -5.18. The fraction of sp³-hybridized carbons (Fsp3) is 0. The Morgan fingerprint density at radius 1 is 0.523 bits per heavy atom. The molecular weight excluding hydrogens is 632 g/mol. The average Bonchev–Trinajstić information content (AvgIpc) is 3.57. The lowest BCUT2D eigenvalue weighted by Gasteiger charge is -2.04. The standard InChI is InChI=1S/C30H8F8N4S2/c31-23-21(24(32)28(36)41-27(23)35)15(9-39)5-17-3-13-1-11-7-20-14(2-12(11)8-19(13)43-17)4-18(44-20)6-16(10-40)22-25(33)29(37)42-30(38)26(22)34/h1-8H/b15-5+,16-6+. The summed E-state index contributed by atoms with van der Waals surface area (Å²) in [6.45, 7) is 0. The summed E-state index contributed by atoms with van der Waals surface area (Å²) in [4.78, 5) is 5.73. The minimum Gasteiger partial charge on any atom is -0.201 e. The first-order valence-electron chi connectivity index (χ1n) is 12.0. The van der Waals surface area contributed by atoms with E-state index in [9.17, 15) is 45.6 Å². The maximum Gasteiger partial charge on any atom is 0.252 e. The number of benzene rings is 2. The summed E-state index contributed by atoms with van der Waals surface area (Å²) in [6, 6.07) is 13.5. The molecule has 0 aliphatic carbocycles. The number of pyridine rings is 2. The van der Waals surface area contributed by atoms with E-state index < -0.39 is 69.3 Å². The largest absolute Gasteiger partial charge is 0.252 e. The maximum atomic E-state index is 14.2. The fourth-order valence-corrected chi connectivity index (χ4v) is 6.64. The van der Waals surface area contributed by atoms with Gasteiger partial charge < -0.3 is 0 Å². The van der Waals surface area contributed by atoms with Gasteiger partial charge in [0, 0.05) is 19.2 Å². The minimum absolute atomic E-state index is 0.366. The molecule has 0 saturated heterocycles. The lowest BCUT2D eigenvalue weighted by Crippen LogP contribution is -2.05. The monoisotopic (exact) mass is 640 g/mol. The van der Waals surface area contributed by atoms with Gasteiger partial charge in [-0.15, -0.1) is 22.7 Å². The van der Waals surface area contributed by atoms with Crippen molar-refractivity contribution in [3.63, 3.8) is 0 Å². The number of thiophene rings is 2. The number of nitrogens with zero attached hydrogens (tertiary/aromatic N) is 4. The Kier molecular flexibility index (Phi) is 7.11. The maximum absolute atomic E-state index is 14.2. The third-order valence-electron chi connectivity index (χ3n) is 6.50. The van der Waals surface area contributed by atoms with Crippen LogP contribution in [0.2, 0.25) is 0 Å². The molecule has 0 spiro atoms. The summed E-state index contributed by atoms with van der Waals surface area (Å²) in [5.41, 5.74) is -3.64. The molecule has 0 radical (unpaired) electrons. The second kappa shape index (κ2) is 10.8. The third-order valence-corrected chi connectivity index (χ3v) is 8.59. The number of nitriles is 2. The smallest absolute Gasteiger partial charge is 0.201 e. The SMILES string of the molecule is N#C/C(=C\c1cc2cc3cc4sc(/C=C(\C#N)c5c(F)c(F)nc(F)c5F)cc4cc3cc2s1)c1c(F)c(F)nc(F)c1F. The molecule has 14 heteroatoms. The molecule has 4 heterocycles. The van der Waals surface area contributed by atoms with Gasteiger partial charge in [-0.25, -0.2) is 17.6 Å². The molecule has 0 amide bonds. The van der Waals surface area contributed by atoms with Gasteiger partial charge in [0.1, 0.15) is 12.1 Å². The molecule has 6 aromatic rings. The van der Waals surface area contributed by atoms with Gasteiger partial charge in [-0.2, -0.15) is 38.1 Å². The average molecular weight is 641 g/mol. The highest BCUT2D eigenvalue weighted by atomic mass is 32.1. The zero-order chi connectivity index (χ0) is 31.4. The predicted octanol–water partition coefficient (Wildman–Crippen LogP) is 9.30. The summed E-state index contributed by atoms with van der Waals surface area (Å²) in [5.74, 6) is -14.7. The van der Waals surface area contributed by atoms with Gasteiger partial charge in [0.05, 0.1) is 22.3 Å². The van der Waals surface area contributed by atoms with Gasteiger partial charge in [-0.05, 0) is 70.1 Å². The van der Waals surface area contributed by atoms with E-state index in [2.05, 4.69) is 9.97 Å². The molecular formula is C30H8F8N4S2. The van der Waals surface area contributed by atoms with Crippen LogP contribution in [-0.2, 0) is 0 Å². The van der Waals surface area contributed by atoms with Crippen LogP contribution in [0.4, 0.5) is 35.1 Å². The number of hydrogen-bond donors (Lipinski definition) is 0. The number of halogens is 8. The van der Waals surface area contributed by atoms with Crippen LogP contribution in [0.1, 0.15) is 20.9 Å². The minimum atomic E-state index is -1.88. The van der Waals surface area contributed by atoms with Crippen LogP contribution in [-0.4, -0.2) is 9.97 Å². The molecule has 0 unspecified atom stereocenters. The molecule has 2 aromatic carbocycles. The molecule has 0 saturated carbocycles. The van der Waals surface area contributed by atoms with Gasteiger partial charge in [-0.1, -0.05) is 0 Å². The lowest BCUT2D eigenvalue weighted by molar-refractivity contribution is 0.404. The van der Waals surface area contributed by atoms with Crippen LogP contribution in [0.15, 0.2) is 36.4 Å². The number of allylic oxidation sites excluding steroid dienone is 2. The molecule has 4 aromatic heterocycles. The van der Waals surface area contributed by atoms with Crippen LogP contribution >= 0.6 is 22.7 Å². The topological polar surface area (TPSA) is 73.4 Å². The summed E-state index contributed by atoms with van der Waals surface area (Å²) in [6.07, 6.45) is 2.21. The van der Waals surface area contributed by atoms with Crippen molar-refractivity contribution < 1.29 is 35.1 Å². The second-order valence-corrected chi connectivity index (χ2v) is 11.4. The van der Waals surface area contributed by atoms with Crippen molar-refractivity contribution in [2.24, 2.45) is 0 Å². The van der Waals surface area contributed by atoms with E-state index >= 15 is 0 Å². The first-order valence-corrected chi connectivity index (χ1v) is 13.7. The molecule has 44 heavy (non-hydrogen) atoms. The molecule has 4 nitrogen and oxygen atoms in total. The Morgan fingerprint density at radius 2 is 0.864 bits per heavy atom. The van der Waals surface area contributed by atoms with Gasteiger partial charge in [0.15, 0.2) is 23.3 Å². The van der Waals surface area contributed by atoms with Crippen molar-refractivity contribution in [2.45, 2.75) is 0 Å². The van der Waals surface area contributed by atoms with E-state index in [1.807, 2.05) is 0 Å². The summed E-state index contributed by atoms with van der Waals surface area (Å²) in [5, 5.41) is 21.8. The Balaban J connectivity index is 1.41. The molecule has 0 atom stereocenters. The van der Waals surface area contributed by atoms with Crippen molar-refractivity contribution in [1.82, 2.24) is 9.97 Å². The Morgan fingerprint density at radius 3 is 1.18 bits per heavy atom. The Labute approximate surface area is 248 Å². The quantitative estimate of drug-likeness (QED) is 0.109. The summed E-state index contributed by atoms with van der Waals surface area (Å²) in [7, 11) is 0. The van der Waals surface area contributed by atoms with Gasteiger partial charge in [0.2, 0.25) is 0 Å². The van der Waals surface area contributed by atoms with Gasteiger partial charge >= 0.3 is 0 Å². The van der Waals surface area contributed by atoms with E-state index in [0.717, 1.165) is 45.6 Å². The first kappa shape index (κ1) is 28.9. The molecule has 0 N–H and O–H groups in total. The molecule has 0 fully saturated rings. The lowest BCUT2D eigenvalue weighted by atomic mass is 10.0. The molecule has 216 valence electrons. The summed E-state index contributed by atoms with van der Waals surface area (Å²) >= 11 is 2.28. The zero-order valence-electron chi connectivity index (χ0n) is 21.2. The highest BCUT2D eigenvalue weighted by molar-refractivity contribution is 7.20. The van der Waals surface area contributed by atoms with Gasteiger partial charge in [-0.3, -0.25) is 0 Å². The second-order valence-electron chi connectivity index (χ2n) is 9.16. The van der Waals surface area contributed by atoms with E-state index in [0.29, 0.717) is 29.9 Å². The number of fused-ring (bicyclic) bond motifs is 3. The highest BCUT2D eigenvalue weighted by Crippen LogP contribution is 2.37. The third kappa shape index (κ3) is 4.84. The van der Waals surface area contributed by atoms with Crippen molar-refractivity contribution in [2.75, 3.05) is 0 Å². The van der Waals surface area contributed by atoms with Crippen molar-refractivity contribution in [3.05, 3.63) is 104 Å². The van der Waals surface area contributed by atoms with Crippen molar-refractivity contribution >= 4 is 76.9 Å². The normalized spacial score (nSPS) is 12.3. The van der Waals surface area contributed by atoms with Crippen LogP contribution < -0.4 is 0 Å². The highest BCUT2D eigenvalue weighted by Gasteiger charge is 2.25. The van der Waals surface area contributed by atoms with E-state index in [1.165, 1.54) is 0 Å². The van der Waals surface area contributed by atoms with Gasteiger partial charge in [0.25, 0.3) is 23.8 Å². The van der Waals surface area contributed by atoms with Crippen LogP contribution in [0.25, 0.3) is 54.2 Å². The predicted molar refractivity (Wildman–Crippen MR) is 150 cm³/mol. The molecule has 6 rings (SSSR count). The first-order chi connectivity index (χ1) is 21.0. The molecule has 0 aliphatic heterocycles. The molecule has 0 bridgehead atoms. The number of rotatable bonds is 4. The number of hydrogen-bond acceptors (Lipinski definition) is 6. The number of aromatic nitrogens is 2. The zero-order valence-corrected chi connectivity index (χ0v) is 22.9. The van der Waals surface area contributed by atoms with Crippen LogP contribution in [0.5, 0.6) is 0 Å². The molecule has 0 aliphatic rings. The van der Waals surface area contributed by atoms with Crippen molar-refractivity contribution in [3.8, 4) is 12.1 Å². The Bertz CT molecular complexity index is 2080. The van der Waals surface area contributed by atoms with E-state index in [-0.39, 0.29) is 0 Å². The van der Waals surface area contributed by atoms with Crippen LogP contribution in [0.3, 0.4) is 0 Å². The van der Waals surface area contributed by atoms with Crippen molar-refractivity contribution in [1.29, 1.82) is 10.5 Å². The van der Waals surface area contributed by atoms with E-state index in [1.54, 1.807) is 48.5 Å². The fourth-order valence-electron chi connectivity index (χ4n) is 4.56. The van der Waals surface area contributed by atoms with E-state index in [4.69, 9.17) is 0 Å². The summed E-state index contributed by atoms with van der Waals surface area (Å²) < 4.78 is 113.